The number of amides is 2. The lowest BCUT2D eigenvalue weighted by atomic mass is 10.0. The number of aromatic nitrogens is 2. The van der Waals surface area contributed by atoms with Crippen LogP contribution < -0.4 is 5.32 Å². The van der Waals surface area contributed by atoms with E-state index in [1.807, 2.05) is 6.07 Å². The molecule has 2 N–H and O–H groups in total. The van der Waals surface area contributed by atoms with Crippen molar-refractivity contribution in [2.45, 2.75) is 31.4 Å². The van der Waals surface area contributed by atoms with Gasteiger partial charge < -0.3 is 10.4 Å². The fourth-order valence-electron chi connectivity index (χ4n) is 3.21. The van der Waals surface area contributed by atoms with E-state index in [9.17, 15) is 32.4 Å². The maximum atomic E-state index is 14.0. The SMILES string of the molecule is N#Cc1ccc(-c2cnc(C(F)(F)F)nc2)cc1CNC(=O)[C@@H]1[C@@H](F)CCN1C(=O)O. The van der Waals surface area contributed by atoms with Gasteiger partial charge in [0.1, 0.15) is 12.2 Å². The molecular weight excluding hydrogens is 422 g/mol. The van der Waals surface area contributed by atoms with Crippen LogP contribution in [0.3, 0.4) is 0 Å². The minimum atomic E-state index is -4.68. The molecular formula is C19H15F4N5O3. The van der Waals surface area contributed by atoms with Gasteiger partial charge in [0.2, 0.25) is 11.7 Å². The van der Waals surface area contributed by atoms with Gasteiger partial charge >= 0.3 is 12.3 Å². The van der Waals surface area contributed by atoms with Crippen LogP contribution in [0.25, 0.3) is 11.1 Å². The molecule has 12 heteroatoms. The monoisotopic (exact) mass is 437 g/mol. The van der Waals surface area contributed by atoms with Crippen molar-refractivity contribution in [1.29, 1.82) is 5.26 Å². The minimum absolute atomic E-state index is 0.1000. The van der Waals surface area contributed by atoms with E-state index in [1.54, 1.807) is 0 Å². The average Bonchev–Trinajstić information content (AvgIpc) is 3.13. The van der Waals surface area contributed by atoms with Crippen LogP contribution in [0.15, 0.2) is 30.6 Å². The van der Waals surface area contributed by atoms with E-state index < -0.39 is 36.2 Å². The molecule has 31 heavy (non-hydrogen) atoms. The smallest absolute Gasteiger partial charge is 0.451 e. The van der Waals surface area contributed by atoms with E-state index in [0.29, 0.717) is 16.0 Å². The molecule has 0 unspecified atom stereocenters. The highest BCUT2D eigenvalue weighted by atomic mass is 19.4. The Bertz CT molecular complexity index is 1040. The van der Waals surface area contributed by atoms with Crippen molar-refractivity contribution in [2.75, 3.05) is 6.54 Å². The molecule has 162 valence electrons. The van der Waals surface area contributed by atoms with Gasteiger partial charge in [0, 0.05) is 31.0 Å². The van der Waals surface area contributed by atoms with E-state index in [-0.39, 0.29) is 30.6 Å². The molecule has 1 fully saturated rings. The fraction of sp³-hybridized carbons (Fsp3) is 0.316. The van der Waals surface area contributed by atoms with Crippen LogP contribution in [-0.2, 0) is 17.5 Å². The zero-order valence-corrected chi connectivity index (χ0v) is 15.7. The number of alkyl halides is 4. The molecule has 1 aromatic carbocycles. The number of halogens is 4. The summed E-state index contributed by atoms with van der Waals surface area (Å²) in [6, 6.07) is 4.78. The van der Waals surface area contributed by atoms with Gasteiger partial charge in [0.05, 0.1) is 11.6 Å². The van der Waals surface area contributed by atoms with Crippen LogP contribution in [0.1, 0.15) is 23.4 Å². The molecule has 1 aromatic heterocycles. The first-order chi connectivity index (χ1) is 14.6. The van der Waals surface area contributed by atoms with E-state index in [2.05, 4.69) is 15.3 Å². The second-order valence-electron chi connectivity index (χ2n) is 6.72. The van der Waals surface area contributed by atoms with Crippen LogP contribution in [0, 0.1) is 11.3 Å². The topological polar surface area (TPSA) is 119 Å². The number of benzene rings is 1. The number of carbonyl (C=O) groups excluding carboxylic acids is 1. The van der Waals surface area contributed by atoms with Crippen molar-refractivity contribution in [2.24, 2.45) is 0 Å². The van der Waals surface area contributed by atoms with Crippen molar-refractivity contribution in [3.8, 4) is 17.2 Å². The number of nitriles is 1. The number of rotatable bonds is 4. The maximum absolute atomic E-state index is 14.0. The Morgan fingerprint density at radius 2 is 1.94 bits per heavy atom. The molecule has 8 nitrogen and oxygen atoms in total. The molecule has 0 saturated carbocycles. The lowest BCUT2D eigenvalue weighted by Gasteiger charge is -2.22. The largest absolute Gasteiger partial charge is 0.465 e. The lowest BCUT2D eigenvalue weighted by molar-refractivity contribution is -0.145. The van der Waals surface area contributed by atoms with E-state index in [0.717, 1.165) is 12.4 Å². The molecule has 0 bridgehead atoms. The van der Waals surface area contributed by atoms with Gasteiger partial charge in [-0.1, -0.05) is 6.07 Å². The highest BCUT2D eigenvalue weighted by Gasteiger charge is 2.42. The summed E-state index contributed by atoms with van der Waals surface area (Å²) in [6.07, 6.45) is -5.88. The van der Waals surface area contributed by atoms with Crippen LogP contribution in [0.2, 0.25) is 0 Å². The number of nitrogens with zero attached hydrogens (tertiary/aromatic N) is 4. The zero-order chi connectivity index (χ0) is 22.8. The predicted octanol–water partition coefficient (Wildman–Crippen LogP) is 2.74. The Kier molecular flexibility index (Phi) is 6.05. The normalized spacial score (nSPS) is 18.5. The van der Waals surface area contributed by atoms with Gasteiger partial charge in [0.25, 0.3) is 0 Å². The average molecular weight is 437 g/mol. The fourth-order valence-corrected chi connectivity index (χ4v) is 3.21. The van der Waals surface area contributed by atoms with Crippen molar-refractivity contribution in [3.05, 3.63) is 47.5 Å². The Balaban J connectivity index is 1.79. The first-order valence-electron chi connectivity index (χ1n) is 8.96. The maximum Gasteiger partial charge on any atom is 0.451 e. The van der Waals surface area contributed by atoms with Gasteiger partial charge in [-0.25, -0.2) is 19.2 Å². The molecule has 3 rings (SSSR count). The van der Waals surface area contributed by atoms with Crippen molar-refractivity contribution in [1.82, 2.24) is 20.2 Å². The summed E-state index contributed by atoms with van der Waals surface area (Å²) >= 11 is 0. The number of carboxylic acid groups (broad SMARTS) is 1. The summed E-state index contributed by atoms with van der Waals surface area (Å²) < 4.78 is 51.9. The molecule has 1 aliphatic heterocycles. The van der Waals surface area contributed by atoms with Gasteiger partial charge in [-0.05, 0) is 29.7 Å². The van der Waals surface area contributed by atoms with Gasteiger partial charge in [-0.2, -0.15) is 18.4 Å². The second-order valence-corrected chi connectivity index (χ2v) is 6.72. The molecule has 1 aliphatic rings. The summed E-state index contributed by atoms with van der Waals surface area (Å²) in [6.45, 7) is -0.324. The second kappa shape index (κ2) is 8.55. The van der Waals surface area contributed by atoms with Crippen molar-refractivity contribution in [3.63, 3.8) is 0 Å². The first kappa shape index (κ1) is 21.9. The van der Waals surface area contributed by atoms with Crippen molar-refractivity contribution >= 4 is 12.0 Å². The predicted molar refractivity (Wildman–Crippen MR) is 97.1 cm³/mol. The summed E-state index contributed by atoms with van der Waals surface area (Å²) in [7, 11) is 0. The molecule has 0 radical (unpaired) electrons. The highest BCUT2D eigenvalue weighted by molar-refractivity contribution is 5.86. The van der Waals surface area contributed by atoms with Crippen LogP contribution >= 0.6 is 0 Å². The molecule has 2 amide bonds. The third-order valence-corrected chi connectivity index (χ3v) is 4.76. The molecule has 2 heterocycles. The molecule has 1 saturated heterocycles. The van der Waals surface area contributed by atoms with Gasteiger partial charge in [-0.15, -0.1) is 0 Å². The van der Waals surface area contributed by atoms with E-state index in [4.69, 9.17) is 5.11 Å². The Hall–Kier alpha value is -3.75. The number of carbonyl (C=O) groups is 2. The summed E-state index contributed by atoms with van der Waals surface area (Å²) in [4.78, 5) is 30.8. The van der Waals surface area contributed by atoms with E-state index >= 15 is 0 Å². The van der Waals surface area contributed by atoms with E-state index in [1.165, 1.54) is 18.2 Å². The summed E-state index contributed by atoms with van der Waals surface area (Å²) in [5.41, 5.74) is 1.13. The van der Waals surface area contributed by atoms with Crippen molar-refractivity contribution < 1.29 is 32.3 Å². The van der Waals surface area contributed by atoms with Crippen LogP contribution in [0.5, 0.6) is 0 Å². The Morgan fingerprint density at radius 1 is 1.26 bits per heavy atom. The number of hydrogen-bond acceptors (Lipinski definition) is 5. The Morgan fingerprint density at radius 3 is 2.52 bits per heavy atom. The third-order valence-electron chi connectivity index (χ3n) is 4.76. The summed E-state index contributed by atoms with van der Waals surface area (Å²) in [5.74, 6) is -2.14. The quantitative estimate of drug-likeness (QED) is 0.710. The first-order valence-corrected chi connectivity index (χ1v) is 8.96. The van der Waals surface area contributed by atoms with Gasteiger partial charge in [0.15, 0.2) is 0 Å². The number of likely N-dealkylation sites (tertiary alicyclic amines) is 1. The third kappa shape index (κ3) is 4.71. The van der Waals surface area contributed by atoms with Crippen LogP contribution in [0.4, 0.5) is 22.4 Å². The standard InChI is InChI=1S/C19H15F4N5O3/c20-14-3-4-28(18(30)31)15(14)16(29)25-7-12-5-10(1-2-11(12)6-24)13-8-26-17(27-9-13)19(21,22)23/h1-2,5,8-9,14-15H,3-4,7H2,(H,25,29)(H,30,31)/t14-,15-/m0/s1. The number of hydrogen-bond donors (Lipinski definition) is 2. The van der Waals surface area contributed by atoms with Gasteiger partial charge in [-0.3, -0.25) is 9.69 Å². The lowest BCUT2D eigenvalue weighted by Crippen LogP contribution is -2.48. The molecule has 2 aromatic rings. The zero-order valence-electron chi connectivity index (χ0n) is 15.7. The highest BCUT2D eigenvalue weighted by Crippen LogP contribution is 2.28. The molecule has 0 spiro atoms. The Labute approximate surface area is 173 Å². The molecule has 0 aliphatic carbocycles. The molecule has 2 atom stereocenters. The summed E-state index contributed by atoms with van der Waals surface area (Å²) in [5, 5.41) is 20.8. The minimum Gasteiger partial charge on any atom is -0.465 e. The van der Waals surface area contributed by atoms with Crippen LogP contribution in [-0.4, -0.2) is 50.7 Å². The number of nitrogens with one attached hydrogen (secondary N) is 1.